The van der Waals surface area contributed by atoms with Crippen molar-refractivity contribution in [2.45, 2.75) is 79.1 Å². The first-order valence-electron chi connectivity index (χ1n) is 10.4. The summed E-state index contributed by atoms with van der Waals surface area (Å²) in [5.41, 5.74) is 6.86. The maximum atomic E-state index is 4.76. The van der Waals surface area contributed by atoms with E-state index >= 15 is 0 Å². The second-order valence-electron chi connectivity index (χ2n) is 8.81. The Kier molecular flexibility index (Phi) is 8.46. The summed E-state index contributed by atoms with van der Waals surface area (Å²) < 4.78 is 2.19. The summed E-state index contributed by atoms with van der Waals surface area (Å²) in [5, 5.41) is 0. The lowest BCUT2D eigenvalue weighted by Crippen LogP contribution is -1.97. The van der Waals surface area contributed by atoms with Crippen LogP contribution in [0.15, 0.2) is 43.2 Å². The maximum absolute atomic E-state index is 4.76. The van der Waals surface area contributed by atoms with Crippen molar-refractivity contribution in [1.29, 1.82) is 0 Å². The van der Waals surface area contributed by atoms with Crippen LogP contribution in [0.3, 0.4) is 0 Å². The molecule has 0 aliphatic rings. The summed E-state index contributed by atoms with van der Waals surface area (Å²) in [4.78, 5) is 9.52. The van der Waals surface area contributed by atoms with Gasteiger partial charge < -0.3 is 0 Å². The Balaban J connectivity index is 2.70. The third kappa shape index (κ3) is 5.90. The average molecular weight is 520 g/mol. The molecule has 0 spiro atoms. The molecule has 0 saturated heterocycles. The summed E-state index contributed by atoms with van der Waals surface area (Å²) in [6.45, 7) is 17.6. The van der Waals surface area contributed by atoms with Gasteiger partial charge in [-0.3, -0.25) is 0 Å². The predicted molar refractivity (Wildman–Crippen MR) is 134 cm³/mol. The van der Waals surface area contributed by atoms with Crippen molar-refractivity contribution < 1.29 is 0 Å². The van der Waals surface area contributed by atoms with E-state index in [0.29, 0.717) is 23.7 Å². The minimum Gasteiger partial charge on any atom is -0.187 e. The fourth-order valence-electron chi connectivity index (χ4n) is 3.43. The van der Waals surface area contributed by atoms with Crippen LogP contribution in [-0.2, 0) is 0 Å². The Labute approximate surface area is 193 Å². The first kappa shape index (κ1) is 24.1. The summed E-state index contributed by atoms with van der Waals surface area (Å²) in [7, 11) is 0. The van der Waals surface area contributed by atoms with E-state index in [9.17, 15) is 0 Å². The van der Waals surface area contributed by atoms with Crippen LogP contribution in [-0.4, -0.2) is 6.01 Å². The smallest absolute Gasteiger partial charge is 0.101 e. The SMILES string of the molecule is CC(C)c1cc(Br)cc(C(C)C)c1N=C=Nc1c(C(C)C)cc(Br)cc1C(C)C. The molecule has 0 heterocycles. The maximum Gasteiger partial charge on any atom is 0.101 e. The quantitative estimate of drug-likeness (QED) is 0.339. The van der Waals surface area contributed by atoms with Crippen LogP contribution in [0.2, 0.25) is 0 Å². The molecule has 2 aromatic carbocycles. The topological polar surface area (TPSA) is 24.7 Å². The zero-order valence-electron chi connectivity index (χ0n) is 18.8. The zero-order chi connectivity index (χ0) is 21.9. The Morgan fingerprint density at radius 3 is 1.00 bits per heavy atom. The Morgan fingerprint density at radius 2 is 0.793 bits per heavy atom. The molecule has 0 bridgehead atoms. The molecule has 0 aliphatic carbocycles. The number of hydrogen-bond acceptors (Lipinski definition) is 2. The molecule has 0 amide bonds. The lowest BCUT2D eigenvalue weighted by atomic mass is 9.93. The zero-order valence-corrected chi connectivity index (χ0v) is 21.9. The van der Waals surface area contributed by atoms with Crippen molar-refractivity contribution in [2.75, 3.05) is 0 Å². The van der Waals surface area contributed by atoms with Gasteiger partial charge in [-0.15, -0.1) is 0 Å². The van der Waals surface area contributed by atoms with Crippen LogP contribution in [0.1, 0.15) is 101 Å². The number of benzene rings is 2. The van der Waals surface area contributed by atoms with E-state index in [2.05, 4.69) is 118 Å². The number of nitrogens with zero attached hydrogens (tertiary/aromatic N) is 2. The highest BCUT2D eigenvalue weighted by Crippen LogP contribution is 2.39. The predicted octanol–water partition coefficient (Wildman–Crippen LogP) is 9.84. The molecule has 0 saturated carbocycles. The molecule has 0 N–H and O–H groups in total. The van der Waals surface area contributed by atoms with Gasteiger partial charge in [0.05, 0.1) is 11.4 Å². The van der Waals surface area contributed by atoms with Gasteiger partial charge in [0, 0.05) is 8.95 Å². The van der Waals surface area contributed by atoms with Gasteiger partial charge in [-0.2, -0.15) is 9.98 Å². The molecular formula is C25H32Br2N2. The van der Waals surface area contributed by atoms with Gasteiger partial charge in [0.25, 0.3) is 0 Å². The molecule has 0 radical (unpaired) electrons. The molecule has 0 unspecified atom stereocenters. The highest BCUT2D eigenvalue weighted by Gasteiger charge is 2.16. The van der Waals surface area contributed by atoms with Gasteiger partial charge in [-0.1, -0.05) is 87.2 Å². The minimum atomic E-state index is 0.371. The first-order valence-corrected chi connectivity index (χ1v) is 11.9. The minimum absolute atomic E-state index is 0.371. The normalized spacial score (nSPS) is 11.5. The van der Waals surface area contributed by atoms with Crippen molar-refractivity contribution in [3.8, 4) is 0 Å². The van der Waals surface area contributed by atoms with Crippen LogP contribution in [0, 0.1) is 0 Å². The lowest BCUT2D eigenvalue weighted by Gasteiger charge is -2.17. The third-order valence-electron chi connectivity index (χ3n) is 5.08. The van der Waals surface area contributed by atoms with E-state index in [4.69, 9.17) is 9.98 Å². The standard InChI is InChI=1S/C25H32Br2N2/c1-14(2)20-9-18(26)10-21(15(3)4)24(20)28-13-29-25-22(16(5)6)11-19(27)12-23(25)17(7)8/h9-12,14-17H,1-8H3. The van der Waals surface area contributed by atoms with Crippen molar-refractivity contribution in [1.82, 2.24) is 0 Å². The number of hydrogen-bond donors (Lipinski definition) is 0. The van der Waals surface area contributed by atoms with Crippen LogP contribution >= 0.6 is 31.9 Å². The Bertz CT molecular complexity index is 802. The number of halogens is 2. The third-order valence-corrected chi connectivity index (χ3v) is 5.99. The monoisotopic (exact) mass is 518 g/mol. The Hall–Kier alpha value is -1.22. The molecule has 2 rings (SSSR count). The van der Waals surface area contributed by atoms with E-state index < -0.39 is 0 Å². The summed E-state index contributed by atoms with van der Waals surface area (Å²) in [5.74, 6) is 1.48. The van der Waals surface area contributed by atoms with E-state index in [-0.39, 0.29) is 0 Å². The average Bonchev–Trinajstić information content (AvgIpc) is 2.62. The second kappa shape index (κ2) is 10.2. The molecular weight excluding hydrogens is 488 g/mol. The van der Waals surface area contributed by atoms with Crippen molar-refractivity contribution in [3.05, 3.63) is 55.5 Å². The molecule has 156 valence electrons. The van der Waals surface area contributed by atoms with Gasteiger partial charge in [-0.25, -0.2) is 0 Å². The van der Waals surface area contributed by atoms with Gasteiger partial charge in [0.15, 0.2) is 0 Å². The summed E-state index contributed by atoms with van der Waals surface area (Å²) >= 11 is 7.31. The van der Waals surface area contributed by atoms with E-state index in [1.54, 1.807) is 0 Å². The van der Waals surface area contributed by atoms with Gasteiger partial charge >= 0.3 is 0 Å². The molecule has 0 aromatic heterocycles. The molecule has 0 atom stereocenters. The molecule has 0 aliphatic heterocycles. The van der Waals surface area contributed by atoms with E-state index in [1.165, 1.54) is 22.3 Å². The van der Waals surface area contributed by atoms with Crippen LogP contribution in [0.25, 0.3) is 0 Å². The van der Waals surface area contributed by atoms with Crippen molar-refractivity contribution in [3.63, 3.8) is 0 Å². The highest BCUT2D eigenvalue weighted by atomic mass is 79.9. The summed E-state index contributed by atoms with van der Waals surface area (Å²) in [6, 6.07) is 11.7. The van der Waals surface area contributed by atoms with Crippen LogP contribution in [0.4, 0.5) is 11.4 Å². The fraction of sp³-hybridized carbons (Fsp3) is 0.480. The molecule has 4 heteroatoms. The molecule has 29 heavy (non-hydrogen) atoms. The van der Waals surface area contributed by atoms with E-state index in [1.807, 2.05) is 0 Å². The number of aliphatic imine (C=N–C) groups is 2. The van der Waals surface area contributed by atoms with Gasteiger partial charge in [-0.05, 0) is 70.2 Å². The largest absolute Gasteiger partial charge is 0.187 e. The van der Waals surface area contributed by atoms with Crippen molar-refractivity contribution in [2.24, 2.45) is 9.98 Å². The highest BCUT2D eigenvalue weighted by molar-refractivity contribution is 9.10. The molecule has 2 nitrogen and oxygen atoms in total. The number of rotatable bonds is 6. The van der Waals surface area contributed by atoms with Gasteiger partial charge in [0.2, 0.25) is 0 Å². The van der Waals surface area contributed by atoms with Crippen molar-refractivity contribution >= 4 is 49.2 Å². The van der Waals surface area contributed by atoms with Gasteiger partial charge in [0.1, 0.15) is 6.01 Å². The lowest BCUT2D eigenvalue weighted by molar-refractivity contribution is 0.832. The summed E-state index contributed by atoms with van der Waals surface area (Å²) in [6.07, 6.45) is 0. The fourth-order valence-corrected chi connectivity index (χ4v) is 4.41. The van der Waals surface area contributed by atoms with E-state index in [0.717, 1.165) is 20.3 Å². The Morgan fingerprint density at radius 1 is 0.552 bits per heavy atom. The van der Waals surface area contributed by atoms with Crippen LogP contribution < -0.4 is 0 Å². The molecule has 2 aromatic rings. The van der Waals surface area contributed by atoms with Crippen LogP contribution in [0.5, 0.6) is 0 Å². The second-order valence-corrected chi connectivity index (χ2v) is 10.6. The first-order chi connectivity index (χ1) is 13.5. The molecule has 0 fully saturated rings.